The number of nitrogens with two attached hydrogens (primary N) is 1. The quantitative estimate of drug-likeness (QED) is 0.0519. The molecule has 2 aromatic carbocycles. The van der Waals surface area contributed by atoms with Gasteiger partial charge in [-0.3, -0.25) is 48.7 Å². The van der Waals surface area contributed by atoms with Gasteiger partial charge in [-0.25, -0.2) is 14.6 Å². The molecule has 3 aromatic heterocycles. The van der Waals surface area contributed by atoms with Gasteiger partial charge in [-0.15, -0.1) is 0 Å². The molecule has 2 unspecified atom stereocenters. The summed E-state index contributed by atoms with van der Waals surface area (Å²) in [6.07, 6.45) is 0.924. The lowest BCUT2D eigenvalue weighted by Crippen LogP contribution is -2.54. The van der Waals surface area contributed by atoms with E-state index in [0.29, 0.717) is 75.5 Å². The first-order chi connectivity index (χ1) is 33.1. The molecule has 20 nitrogen and oxygen atoms in total. The van der Waals surface area contributed by atoms with Crippen LogP contribution in [0.1, 0.15) is 89.7 Å². The number of carbonyl (C=O) groups excluding carboxylic acids is 7. The van der Waals surface area contributed by atoms with Gasteiger partial charge in [0.05, 0.1) is 48.0 Å². The molecule has 3 aliphatic rings. The number of fused-ring (bicyclic) bond motifs is 1. The number of amides is 6. The number of ketones is 1. The van der Waals surface area contributed by atoms with Crippen LogP contribution in [0, 0.1) is 0 Å². The van der Waals surface area contributed by atoms with Crippen LogP contribution in [0.3, 0.4) is 0 Å². The lowest BCUT2D eigenvalue weighted by molar-refractivity contribution is -0.136. The summed E-state index contributed by atoms with van der Waals surface area (Å²) in [6.45, 7) is 2.01. The van der Waals surface area contributed by atoms with Crippen molar-refractivity contribution in [1.82, 2.24) is 34.9 Å². The molecule has 3 aliphatic heterocycles. The van der Waals surface area contributed by atoms with E-state index in [1.54, 1.807) is 42.5 Å². The van der Waals surface area contributed by atoms with E-state index in [2.05, 4.69) is 35.9 Å². The predicted octanol–water partition coefficient (Wildman–Crippen LogP) is 3.96. The van der Waals surface area contributed by atoms with Crippen molar-refractivity contribution in [2.75, 3.05) is 56.6 Å². The van der Waals surface area contributed by atoms with Crippen molar-refractivity contribution in [3.05, 3.63) is 107 Å². The standard InChI is InChI=1S/C46H45F3N10O10/c47-46(48,49)25-52-36-21-28(14-15-51-36)43-54-33(24-69-43)41(63)53-32-23-58(56-39(32)40(50)62)29-8-6-26(7-9-29)35(60)12-10-30-22-57(17-20-68-30)16-19-67-18-2-4-27-3-1-5-31-38(27)45(66)59(44(31)65)34-11-13-37(61)55-42(34)64/h1,3,5-9,14-15,21,23-24,30,34H,2,4,10-13,16-20,22,25H2,(H2,50,62)(H,51,52)(H,53,63)(H,55,61,64). The highest BCUT2D eigenvalue weighted by atomic mass is 19.4. The molecule has 0 aliphatic carbocycles. The monoisotopic (exact) mass is 954 g/mol. The van der Waals surface area contributed by atoms with Crippen LogP contribution in [0.25, 0.3) is 17.1 Å². The van der Waals surface area contributed by atoms with E-state index < -0.39 is 54.2 Å². The van der Waals surface area contributed by atoms with Gasteiger partial charge < -0.3 is 30.3 Å². The number of aryl methyl sites for hydroxylation is 1. The summed E-state index contributed by atoms with van der Waals surface area (Å²) in [4.78, 5) is 100. The molecule has 6 heterocycles. The number of pyridine rings is 1. The van der Waals surface area contributed by atoms with Crippen LogP contribution in [0.4, 0.5) is 24.7 Å². The molecule has 5 N–H and O–H groups in total. The maximum Gasteiger partial charge on any atom is 0.405 e. The zero-order valence-electron chi connectivity index (χ0n) is 36.8. The molecule has 2 atom stereocenters. The number of oxazole rings is 1. The van der Waals surface area contributed by atoms with Crippen molar-refractivity contribution in [1.29, 1.82) is 0 Å². The second kappa shape index (κ2) is 20.7. The molecule has 360 valence electrons. The molecule has 23 heteroatoms. The summed E-state index contributed by atoms with van der Waals surface area (Å²) in [6, 6.07) is 13.2. The minimum atomic E-state index is -4.46. The Morgan fingerprint density at radius 3 is 2.59 bits per heavy atom. The predicted molar refractivity (Wildman–Crippen MR) is 236 cm³/mol. The van der Waals surface area contributed by atoms with Crippen LogP contribution in [0.2, 0.25) is 0 Å². The Balaban J connectivity index is 0.772. The molecule has 2 fully saturated rings. The summed E-state index contributed by atoms with van der Waals surface area (Å²) in [5, 5.41) is 11.1. The third-order valence-electron chi connectivity index (χ3n) is 11.6. The summed E-state index contributed by atoms with van der Waals surface area (Å²) < 4.78 is 56.5. The lowest BCUT2D eigenvalue weighted by atomic mass is 9.99. The number of alkyl halides is 3. The molecule has 2 saturated heterocycles. The first kappa shape index (κ1) is 47.8. The average molecular weight is 955 g/mol. The molecule has 0 bridgehead atoms. The second-order valence-electron chi connectivity index (χ2n) is 16.4. The van der Waals surface area contributed by atoms with Gasteiger partial charge in [0.1, 0.15) is 24.7 Å². The number of hydrogen-bond donors (Lipinski definition) is 4. The second-order valence-corrected chi connectivity index (χ2v) is 16.4. The largest absolute Gasteiger partial charge is 0.444 e. The Bertz CT molecular complexity index is 2790. The number of nitrogens with zero attached hydrogens (tertiary/aromatic N) is 6. The highest BCUT2D eigenvalue weighted by molar-refractivity contribution is 6.24. The summed E-state index contributed by atoms with van der Waals surface area (Å²) in [7, 11) is 0. The van der Waals surface area contributed by atoms with Crippen molar-refractivity contribution < 1.29 is 60.6 Å². The molecular formula is C46H45F3N10O10. The van der Waals surface area contributed by atoms with E-state index in [9.17, 15) is 46.7 Å². The Labute approximate surface area is 390 Å². The van der Waals surface area contributed by atoms with Crippen molar-refractivity contribution >= 4 is 52.7 Å². The smallest absolute Gasteiger partial charge is 0.405 e. The van der Waals surface area contributed by atoms with Crippen LogP contribution in [0.15, 0.2) is 77.7 Å². The number of primary amides is 1. The van der Waals surface area contributed by atoms with Crippen LogP contribution >= 0.6 is 0 Å². The van der Waals surface area contributed by atoms with E-state index in [1.165, 1.54) is 29.2 Å². The molecule has 6 amide bonds. The number of hydrogen-bond acceptors (Lipinski definition) is 15. The number of Topliss-reactive ketones (excluding diaryl/α,β-unsaturated/α-hetero) is 1. The van der Waals surface area contributed by atoms with E-state index >= 15 is 0 Å². The van der Waals surface area contributed by atoms with Gasteiger partial charge in [0.15, 0.2) is 17.2 Å². The van der Waals surface area contributed by atoms with Gasteiger partial charge in [0.2, 0.25) is 17.7 Å². The molecular weight excluding hydrogens is 910 g/mol. The molecule has 0 radical (unpaired) electrons. The van der Waals surface area contributed by atoms with Crippen LogP contribution in [0.5, 0.6) is 0 Å². The third-order valence-corrected chi connectivity index (χ3v) is 11.6. The van der Waals surface area contributed by atoms with Crippen LogP contribution in [-0.4, -0.2) is 135 Å². The van der Waals surface area contributed by atoms with Crippen LogP contribution in [-0.2, 0) is 25.5 Å². The first-order valence-corrected chi connectivity index (χ1v) is 21.9. The van der Waals surface area contributed by atoms with Crippen molar-refractivity contribution in [3.8, 4) is 17.1 Å². The lowest BCUT2D eigenvalue weighted by Gasteiger charge is -2.32. The summed E-state index contributed by atoms with van der Waals surface area (Å²) in [5.41, 5.74) is 7.41. The van der Waals surface area contributed by atoms with Gasteiger partial charge in [-0.1, -0.05) is 12.1 Å². The van der Waals surface area contributed by atoms with Gasteiger partial charge in [-0.05, 0) is 73.7 Å². The number of aromatic nitrogens is 4. The normalized spacial score (nSPS) is 17.5. The Hall–Kier alpha value is -7.63. The van der Waals surface area contributed by atoms with Gasteiger partial charge in [-0.2, -0.15) is 18.3 Å². The van der Waals surface area contributed by atoms with E-state index in [-0.39, 0.29) is 76.6 Å². The zero-order valence-corrected chi connectivity index (χ0v) is 36.8. The maximum atomic E-state index is 13.4. The number of morpholine rings is 1. The Morgan fingerprint density at radius 1 is 1.01 bits per heavy atom. The number of piperidine rings is 1. The SMILES string of the molecule is NC(=O)c1nn(-c2ccc(C(=O)CCC3CN(CCOCCCc4cccc5c4C(=O)N(C4CCC(=O)NC4=O)C5=O)CCO3)cc2)cc1NC(=O)c1coc(-c2ccnc(NCC(F)(F)F)c2)n1. The number of imide groups is 2. The van der Waals surface area contributed by atoms with E-state index in [0.717, 1.165) is 11.2 Å². The van der Waals surface area contributed by atoms with Crippen molar-refractivity contribution in [2.45, 2.75) is 56.8 Å². The highest BCUT2D eigenvalue weighted by Gasteiger charge is 2.45. The number of halogens is 3. The fourth-order valence-electron chi connectivity index (χ4n) is 8.18. The highest BCUT2D eigenvalue weighted by Crippen LogP contribution is 2.31. The number of anilines is 2. The average Bonchev–Trinajstić information content (AvgIpc) is 4.06. The van der Waals surface area contributed by atoms with Crippen molar-refractivity contribution in [2.24, 2.45) is 5.73 Å². The van der Waals surface area contributed by atoms with E-state index in [4.69, 9.17) is 19.6 Å². The van der Waals surface area contributed by atoms with Gasteiger partial charge in [0.25, 0.3) is 23.6 Å². The third kappa shape index (κ3) is 11.4. The number of nitrogens with one attached hydrogen (secondary N) is 3. The van der Waals surface area contributed by atoms with Gasteiger partial charge >= 0.3 is 6.18 Å². The topological polar surface area (TPSA) is 263 Å². The molecule has 0 spiro atoms. The molecule has 69 heavy (non-hydrogen) atoms. The minimum absolute atomic E-state index is 0.0418. The number of carbonyl (C=O) groups is 7. The Kier molecular flexibility index (Phi) is 14.4. The fourth-order valence-corrected chi connectivity index (χ4v) is 8.18. The van der Waals surface area contributed by atoms with E-state index in [1.807, 2.05) is 0 Å². The van der Waals surface area contributed by atoms with Gasteiger partial charge in [0, 0.05) is 56.4 Å². The molecule has 5 aromatic rings. The van der Waals surface area contributed by atoms with Crippen molar-refractivity contribution in [3.63, 3.8) is 0 Å². The summed E-state index contributed by atoms with van der Waals surface area (Å²) >= 11 is 0. The number of benzene rings is 2. The van der Waals surface area contributed by atoms with Crippen LogP contribution < -0.4 is 21.7 Å². The summed E-state index contributed by atoms with van der Waals surface area (Å²) in [5.74, 6) is -4.16. The maximum absolute atomic E-state index is 13.4. The first-order valence-electron chi connectivity index (χ1n) is 21.9. The molecule has 8 rings (SSSR count). The number of ether oxygens (including phenoxy) is 2. The minimum Gasteiger partial charge on any atom is -0.444 e. The molecule has 0 saturated carbocycles. The number of rotatable bonds is 19. The Morgan fingerprint density at radius 2 is 1.83 bits per heavy atom. The zero-order chi connectivity index (χ0) is 48.8. The fraction of sp³-hybridized carbons (Fsp3) is 0.348.